The van der Waals surface area contributed by atoms with Crippen LogP contribution < -0.4 is 5.32 Å². The zero-order chi connectivity index (χ0) is 19.4. The lowest BCUT2D eigenvalue weighted by Gasteiger charge is -2.18. The first-order valence-corrected chi connectivity index (χ1v) is 9.10. The van der Waals surface area contributed by atoms with Crippen LogP contribution in [0, 0.1) is 6.92 Å². The number of nitrogens with zero attached hydrogens (tertiary/aromatic N) is 1. The van der Waals surface area contributed by atoms with Crippen molar-refractivity contribution in [3.8, 4) is 11.3 Å². The minimum Gasteiger partial charge on any atom is -0.388 e. The van der Waals surface area contributed by atoms with E-state index in [-0.39, 0.29) is 11.9 Å². The van der Waals surface area contributed by atoms with Crippen molar-refractivity contribution in [3.05, 3.63) is 76.5 Å². The number of aliphatic hydroxyl groups is 1. The van der Waals surface area contributed by atoms with Crippen molar-refractivity contribution < 1.29 is 14.4 Å². The molecular formula is C21H21ClN2O3. The Morgan fingerprint density at radius 2 is 1.85 bits per heavy atom. The zero-order valence-corrected chi connectivity index (χ0v) is 15.9. The molecule has 1 aromatic heterocycles. The van der Waals surface area contributed by atoms with Gasteiger partial charge >= 0.3 is 0 Å². The molecule has 6 heteroatoms. The summed E-state index contributed by atoms with van der Waals surface area (Å²) in [4.78, 5) is 12.8. The number of benzene rings is 2. The van der Waals surface area contributed by atoms with Gasteiger partial charge in [-0.1, -0.05) is 65.3 Å². The summed E-state index contributed by atoms with van der Waals surface area (Å²) in [6.45, 7) is 3.54. The SMILES string of the molecule is Cc1onc(-c2ccccc2Cl)c1C(=O)N[C@H](C)C[C@@H](O)c1ccccc1. The van der Waals surface area contributed by atoms with Gasteiger partial charge in [0.15, 0.2) is 0 Å². The molecule has 2 N–H and O–H groups in total. The first-order valence-electron chi connectivity index (χ1n) is 8.72. The van der Waals surface area contributed by atoms with Crippen molar-refractivity contribution in [3.63, 3.8) is 0 Å². The summed E-state index contributed by atoms with van der Waals surface area (Å²) in [6, 6.07) is 16.3. The number of amides is 1. The molecule has 1 heterocycles. The van der Waals surface area contributed by atoms with Gasteiger partial charge in [0.05, 0.1) is 11.1 Å². The van der Waals surface area contributed by atoms with E-state index in [1.807, 2.05) is 49.4 Å². The van der Waals surface area contributed by atoms with Crippen LogP contribution in [0.5, 0.6) is 0 Å². The van der Waals surface area contributed by atoms with Gasteiger partial charge in [-0.3, -0.25) is 4.79 Å². The molecule has 2 aromatic carbocycles. The van der Waals surface area contributed by atoms with Gasteiger partial charge in [-0.15, -0.1) is 0 Å². The predicted molar refractivity (Wildman–Crippen MR) is 105 cm³/mol. The summed E-state index contributed by atoms with van der Waals surface area (Å²) in [7, 11) is 0. The molecule has 5 nitrogen and oxygen atoms in total. The standard InChI is InChI=1S/C21H21ClN2O3/c1-13(12-18(25)15-8-4-3-5-9-15)23-21(26)19-14(2)27-24-20(19)16-10-6-7-11-17(16)22/h3-11,13,18,25H,12H2,1-2H3,(H,23,26)/t13-,18-/m1/s1. The Balaban J connectivity index is 1.75. The molecule has 0 aliphatic rings. The quantitative estimate of drug-likeness (QED) is 0.654. The maximum Gasteiger partial charge on any atom is 0.257 e. The monoisotopic (exact) mass is 384 g/mol. The van der Waals surface area contributed by atoms with Crippen LogP contribution in [0.25, 0.3) is 11.3 Å². The van der Waals surface area contributed by atoms with E-state index in [1.54, 1.807) is 19.1 Å². The van der Waals surface area contributed by atoms with E-state index in [0.717, 1.165) is 5.56 Å². The zero-order valence-electron chi connectivity index (χ0n) is 15.1. The lowest BCUT2D eigenvalue weighted by atomic mass is 10.0. The highest BCUT2D eigenvalue weighted by atomic mass is 35.5. The van der Waals surface area contributed by atoms with E-state index >= 15 is 0 Å². The lowest BCUT2D eigenvalue weighted by molar-refractivity contribution is 0.0916. The Hall–Kier alpha value is -2.63. The fourth-order valence-corrected chi connectivity index (χ4v) is 3.20. The van der Waals surface area contributed by atoms with Crippen molar-refractivity contribution in [2.24, 2.45) is 0 Å². The molecule has 3 aromatic rings. The number of rotatable bonds is 6. The molecular weight excluding hydrogens is 364 g/mol. The van der Waals surface area contributed by atoms with Crippen molar-refractivity contribution in [1.29, 1.82) is 0 Å². The Morgan fingerprint density at radius 3 is 2.56 bits per heavy atom. The van der Waals surface area contributed by atoms with Crippen LogP contribution in [-0.2, 0) is 0 Å². The maximum atomic E-state index is 12.8. The van der Waals surface area contributed by atoms with Crippen LogP contribution >= 0.6 is 11.6 Å². The van der Waals surface area contributed by atoms with Gasteiger partial charge in [-0.25, -0.2) is 0 Å². The second kappa shape index (κ2) is 8.37. The van der Waals surface area contributed by atoms with E-state index in [9.17, 15) is 9.90 Å². The van der Waals surface area contributed by atoms with Crippen molar-refractivity contribution in [2.45, 2.75) is 32.4 Å². The molecule has 0 aliphatic carbocycles. The summed E-state index contributed by atoms with van der Waals surface area (Å²) in [5.41, 5.74) is 2.21. The number of hydrogen-bond acceptors (Lipinski definition) is 4. The van der Waals surface area contributed by atoms with Gasteiger partial charge < -0.3 is 14.9 Å². The van der Waals surface area contributed by atoms with Gasteiger partial charge in [0.2, 0.25) is 0 Å². The first kappa shape index (κ1) is 19.1. The van der Waals surface area contributed by atoms with Gasteiger partial charge in [-0.2, -0.15) is 0 Å². The molecule has 3 rings (SSSR count). The average molecular weight is 385 g/mol. The van der Waals surface area contributed by atoms with Crippen LogP contribution in [-0.4, -0.2) is 22.2 Å². The van der Waals surface area contributed by atoms with Gasteiger partial charge in [0.25, 0.3) is 5.91 Å². The lowest BCUT2D eigenvalue weighted by Crippen LogP contribution is -2.34. The van der Waals surface area contributed by atoms with Crippen molar-refractivity contribution >= 4 is 17.5 Å². The first-order chi connectivity index (χ1) is 13.0. The molecule has 0 fully saturated rings. The van der Waals surface area contributed by atoms with E-state index in [2.05, 4.69) is 10.5 Å². The van der Waals surface area contributed by atoms with Crippen LogP contribution in [0.1, 0.15) is 41.1 Å². The van der Waals surface area contributed by atoms with Crippen LogP contribution in [0.4, 0.5) is 0 Å². The Kier molecular flexibility index (Phi) is 5.94. The molecule has 0 spiro atoms. The Bertz CT molecular complexity index is 924. The molecule has 27 heavy (non-hydrogen) atoms. The Labute approximate surface area is 163 Å². The molecule has 0 unspecified atom stereocenters. The second-order valence-electron chi connectivity index (χ2n) is 6.48. The van der Waals surface area contributed by atoms with Crippen LogP contribution in [0.15, 0.2) is 59.1 Å². The number of carbonyl (C=O) groups is 1. The average Bonchev–Trinajstić information content (AvgIpc) is 3.04. The minimum atomic E-state index is -0.659. The minimum absolute atomic E-state index is 0.249. The number of halogens is 1. The molecule has 140 valence electrons. The topological polar surface area (TPSA) is 75.4 Å². The summed E-state index contributed by atoms with van der Waals surface area (Å²) in [5, 5.41) is 17.8. The van der Waals surface area contributed by atoms with Crippen molar-refractivity contribution in [2.75, 3.05) is 0 Å². The van der Waals surface area contributed by atoms with Gasteiger partial charge in [-0.05, 0) is 31.9 Å². The highest BCUT2D eigenvalue weighted by molar-refractivity contribution is 6.33. The number of hydrogen-bond donors (Lipinski definition) is 2. The second-order valence-corrected chi connectivity index (χ2v) is 6.89. The highest BCUT2D eigenvalue weighted by Crippen LogP contribution is 2.31. The van der Waals surface area contributed by atoms with E-state index in [1.165, 1.54) is 0 Å². The number of aromatic nitrogens is 1. The molecule has 0 aliphatic heterocycles. The third kappa shape index (κ3) is 4.38. The smallest absolute Gasteiger partial charge is 0.257 e. The molecule has 0 radical (unpaired) electrons. The fraction of sp³-hybridized carbons (Fsp3) is 0.238. The fourth-order valence-electron chi connectivity index (χ4n) is 2.98. The molecule has 0 saturated carbocycles. The molecule has 1 amide bonds. The van der Waals surface area contributed by atoms with E-state index < -0.39 is 6.10 Å². The summed E-state index contributed by atoms with van der Waals surface area (Å²) >= 11 is 6.24. The van der Waals surface area contributed by atoms with Crippen molar-refractivity contribution in [1.82, 2.24) is 10.5 Å². The highest BCUT2D eigenvalue weighted by Gasteiger charge is 2.24. The molecule has 2 atom stereocenters. The number of aryl methyl sites for hydroxylation is 1. The number of nitrogens with one attached hydrogen (secondary N) is 1. The predicted octanol–water partition coefficient (Wildman–Crippen LogP) is 4.55. The van der Waals surface area contributed by atoms with Gasteiger partial charge in [0, 0.05) is 11.6 Å². The molecule has 0 bridgehead atoms. The Morgan fingerprint density at radius 1 is 1.19 bits per heavy atom. The summed E-state index contributed by atoms with van der Waals surface area (Å²) in [6.07, 6.45) is -0.269. The third-order valence-corrected chi connectivity index (χ3v) is 4.69. The maximum absolute atomic E-state index is 12.8. The number of aliphatic hydroxyl groups excluding tert-OH is 1. The molecule has 0 saturated heterocycles. The van der Waals surface area contributed by atoms with Crippen LogP contribution in [0.2, 0.25) is 5.02 Å². The normalized spacial score (nSPS) is 13.2. The van der Waals surface area contributed by atoms with E-state index in [0.29, 0.717) is 34.0 Å². The third-order valence-electron chi connectivity index (χ3n) is 4.36. The number of carbonyl (C=O) groups excluding carboxylic acids is 1. The largest absolute Gasteiger partial charge is 0.388 e. The van der Waals surface area contributed by atoms with Gasteiger partial charge in [0.1, 0.15) is 17.0 Å². The van der Waals surface area contributed by atoms with E-state index in [4.69, 9.17) is 16.1 Å². The summed E-state index contributed by atoms with van der Waals surface area (Å²) < 4.78 is 5.24. The summed E-state index contributed by atoms with van der Waals surface area (Å²) in [5.74, 6) is 0.106. The van der Waals surface area contributed by atoms with Crippen LogP contribution in [0.3, 0.4) is 0 Å².